The molecule has 16 heavy (non-hydrogen) atoms. The maximum atomic E-state index is 9.93. The molecule has 90 valence electrons. The highest BCUT2D eigenvalue weighted by atomic mass is 16.3. The van der Waals surface area contributed by atoms with Crippen LogP contribution in [0.1, 0.15) is 62.0 Å². The van der Waals surface area contributed by atoms with E-state index in [2.05, 4.69) is 32.9 Å². The number of aliphatic hydroxyl groups excluding tert-OH is 1. The molecule has 1 aromatic carbocycles. The minimum atomic E-state index is -0.344. The van der Waals surface area contributed by atoms with Gasteiger partial charge in [0.15, 0.2) is 0 Å². The van der Waals surface area contributed by atoms with Gasteiger partial charge in [-0.25, -0.2) is 0 Å². The second-order valence-corrected chi connectivity index (χ2v) is 4.67. The molecule has 0 heterocycles. The third-order valence-corrected chi connectivity index (χ3v) is 2.95. The fourth-order valence-electron chi connectivity index (χ4n) is 2.44. The molecule has 0 spiro atoms. The Kier molecular flexibility index (Phi) is 5.01. The van der Waals surface area contributed by atoms with Gasteiger partial charge < -0.3 is 5.11 Å². The summed E-state index contributed by atoms with van der Waals surface area (Å²) in [7, 11) is 0. The molecule has 0 aliphatic carbocycles. The first-order valence-electron chi connectivity index (χ1n) is 6.40. The van der Waals surface area contributed by atoms with E-state index in [1.165, 1.54) is 22.3 Å². The molecule has 1 unspecified atom stereocenters. The van der Waals surface area contributed by atoms with Gasteiger partial charge in [-0.3, -0.25) is 0 Å². The molecule has 0 aliphatic rings. The maximum Gasteiger partial charge on any atom is 0.0767 e. The third-order valence-electron chi connectivity index (χ3n) is 2.95. The lowest BCUT2D eigenvalue weighted by Crippen LogP contribution is -2.05. The van der Waals surface area contributed by atoms with Crippen LogP contribution in [0.3, 0.4) is 0 Å². The second-order valence-electron chi connectivity index (χ2n) is 4.67. The van der Waals surface area contributed by atoms with Crippen molar-refractivity contribution in [2.24, 2.45) is 0 Å². The van der Waals surface area contributed by atoms with Crippen LogP contribution in [0.25, 0.3) is 0 Å². The summed E-state index contributed by atoms with van der Waals surface area (Å²) in [5.74, 6) is 0. The summed E-state index contributed by atoms with van der Waals surface area (Å²) in [5, 5.41) is 9.93. The van der Waals surface area contributed by atoms with E-state index in [0.29, 0.717) is 0 Å². The highest BCUT2D eigenvalue weighted by molar-refractivity contribution is 5.40. The predicted octanol–water partition coefficient (Wildman–Crippen LogP) is 3.95. The van der Waals surface area contributed by atoms with Crippen molar-refractivity contribution in [3.63, 3.8) is 0 Å². The Bertz CT molecular complexity index is 312. The van der Waals surface area contributed by atoms with Crippen LogP contribution in [-0.2, 0) is 12.8 Å². The zero-order valence-electron chi connectivity index (χ0n) is 11.0. The van der Waals surface area contributed by atoms with Crippen LogP contribution in [0.5, 0.6) is 0 Å². The fourth-order valence-corrected chi connectivity index (χ4v) is 2.44. The SMILES string of the molecule is CCCc1cc(C)cc(CCC)c1C(C)O. The van der Waals surface area contributed by atoms with Crippen molar-refractivity contribution >= 4 is 0 Å². The lowest BCUT2D eigenvalue weighted by Gasteiger charge is -2.18. The van der Waals surface area contributed by atoms with Crippen LogP contribution in [0.2, 0.25) is 0 Å². The summed E-state index contributed by atoms with van der Waals surface area (Å²) in [6.45, 7) is 8.40. The van der Waals surface area contributed by atoms with Gasteiger partial charge in [0.05, 0.1) is 6.10 Å². The third kappa shape index (κ3) is 3.08. The number of aliphatic hydroxyl groups is 1. The van der Waals surface area contributed by atoms with Crippen molar-refractivity contribution in [3.8, 4) is 0 Å². The van der Waals surface area contributed by atoms with Crippen molar-refractivity contribution in [2.75, 3.05) is 0 Å². The molecule has 1 atom stereocenters. The predicted molar refractivity (Wildman–Crippen MR) is 69.8 cm³/mol. The molecule has 0 saturated heterocycles. The van der Waals surface area contributed by atoms with Crippen LogP contribution in [0.15, 0.2) is 12.1 Å². The molecule has 0 saturated carbocycles. The average Bonchev–Trinajstić information content (AvgIpc) is 2.17. The molecular formula is C15H24O. The molecule has 1 heteroatoms. The van der Waals surface area contributed by atoms with Gasteiger partial charge in [0, 0.05) is 0 Å². The quantitative estimate of drug-likeness (QED) is 0.796. The van der Waals surface area contributed by atoms with E-state index >= 15 is 0 Å². The minimum absolute atomic E-state index is 0.344. The highest BCUT2D eigenvalue weighted by Crippen LogP contribution is 2.26. The molecular weight excluding hydrogens is 196 g/mol. The lowest BCUT2D eigenvalue weighted by molar-refractivity contribution is 0.197. The van der Waals surface area contributed by atoms with Crippen LogP contribution in [0, 0.1) is 6.92 Å². The van der Waals surface area contributed by atoms with E-state index in [4.69, 9.17) is 0 Å². The molecule has 1 N–H and O–H groups in total. The Labute approximate surface area is 99.5 Å². The van der Waals surface area contributed by atoms with E-state index < -0.39 is 0 Å². The molecule has 1 rings (SSSR count). The topological polar surface area (TPSA) is 20.2 Å². The summed E-state index contributed by atoms with van der Waals surface area (Å²) in [6.07, 6.45) is 4.06. The first-order chi connectivity index (χ1) is 7.60. The fraction of sp³-hybridized carbons (Fsp3) is 0.600. The maximum absolute atomic E-state index is 9.93. The molecule has 1 aromatic rings. The first-order valence-corrected chi connectivity index (χ1v) is 6.40. The molecule has 1 nitrogen and oxygen atoms in total. The number of benzene rings is 1. The monoisotopic (exact) mass is 220 g/mol. The largest absolute Gasteiger partial charge is 0.389 e. The van der Waals surface area contributed by atoms with E-state index in [1.54, 1.807) is 0 Å². The average molecular weight is 220 g/mol. The van der Waals surface area contributed by atoms with Crippen LogP contribution in [0.4, 0.5) is 0 Å². The Balaban J connectivity index is 3.23. The number of rotatable bonds is 5. The van der Waals surface area contributed by atoms with Gasteiger partial charge >= 0.3 is 0 Å². The number of hydrogen-bond acceptors (Lipinski definition) is 1. The van der Waals surface area contributed by atoms with Gasteiger partial charge in [-0.05, 0) is 43.4 Å². The molecule has 0 amide bonds. The van der Waals surface area contributed by atoms with Gasteiger partial charge in [0.25, 0.3) is 0 Å². The molecule has 0 aliphatic heterocycles. The van der Waals surface area contributed by atoms with Gasteiger partial charge in [-0.15, -0.1) is 0 Å². The van der Waals surface area contributed by atoms with Gasteiger partial charge in [0.1, 0.15) is 0 Å². The van der Waals surface area contributed by atoms with Crippen molar-refractivity contribution in [3.05, 3.63) is 34.4 Å². The van der Waals surface area contributed by atoms with E-state index in [9.17, 15) is 5.11 Å². The van der Waals surface area contributed by atoms with Crippen LogP contribution < -0.4 is 0 Å². The Morgan fingerprint density at radius 1 is 1.06 bits per heavy atom. The zero-order valence-corrected chi connectivity index (χ0v) is 11.0. The van der Waals surface area contributed by atoms with Crippen LogP contribution >= 0.6 is 0 Å². The lowest BCUT2D eigenvalue weighted by atomic mass is 9.90. The summed E-state index contributed by atoms with van der Waals surface area (Å²) in [4.78, 5) is 0. The smallest absolute Gasteiger partial charge is 0.0767 e. The number of hydrogen-bond donors (Lipinski definition) is 1. The van der Waals surface area contributed by atoms with Crippen LogP contribution in [-0.4, -0.2) is 5.11 Å². The Morgan fingerprint density at radius 3 is 1.81 bits per heavy atom. The number of aryl methyl sites for hydroxylation is 3. The Hall–Kier alpha value is -0.820. The summed E-state index contributed by atoms with van der Waals surface area (Å²) >= 11 is 0. The summed E-state index contributed by atoms with van der Waals surface area (Å²) in [6, 6.07) is 4.45. The van der Waals surface area contributed by atoms with E-state index in [-0.39, 0.29) is 6.10 Å². The van der Waals surface area contributed by atoms with Crippen molar-refractivity contribution in [2.45, 2.75) is 59.5 Å². The first kappa shape index (κ1) is 13.2. The van der Waals surface area contributed by atoms with E-state index in [0.717, 1.165) is 25.7 Å². The molecule has 0 radical (unpaired) electrons. The van der Waals surface area contributed by atoms with Gasteiger partial charge in [-0.1, -0.05) is 44.4 Å². The zero-order chi connectivity index (χ0) is 12.1. The second kappa shape index (κ2) is 6.05. The van der Waals surface area contributed by atoms with Crippen molar-refractivity contribution in [1.82, 2.24) is 0 Å². The standard InChI is InChI=1S/C15H24O/c1-5-7-13-9-11(3)10-14(8-6-2)15(13)12(4)16/h9-10,12,16H,5-8H2,1-4H3. The molecule has 0 aromatic heterocycles. The van der Waals surface area contributed by atoms with Crippen molar-refractivity contribution in [1.29, 1.82) is 0 Å². The molecule has 0 bridgehead atoms. The van der Waals surface area contributed by atoms with Gasteiger partial charge in [-0.2, -0.15) is 0 Å². The molecule has 0 fully saturated rings. The van der Waals surface area contributed by atoms with Gasteiger partial charge in [0.2, 0.25) is 0 Å². The Morgan fingerprint density at radius 2 is 1.50 bits per heavy atom. The normalized spacial score (nSPS) is 12.8. The van der Waals surface area contributed by atoms with E-state index in [1.807, 2.05) is 6.92 Å². The minimum Gasteiger partial charge on any atom is -0.389 e. The summed E-state index contributed by atoms with van der Waals surface area (Å²) < 4.78 is 0. The summed E-state index contributed by atoms with van der Waals surface area (Å²) in [5.41, 5.74) is 5.16. The van der Waals surface area contributed by atoms with Crippen molar-refractivity contribution < 1.29 is 5.11 Å². The highest BCUT2D eigenvalue weighted by Gasteiger charge is 2.13.